The molecule has 1 aromatic carbocycles. The summed E-state index contributed by atoms with van der Waals surface area (Å²) in [5, 5.41) is 12.4. The van der Waals surface area contributed by atoms with E-state index in [0.29, 0.717) is 10.9 Å². The molecule has 98 valence electrons. The summed E-state index contributed by atoms with van der Waals surface area (Å²) >= 11 is 1.34. The van der Waals surface area contributed by atoms with Crippen LogP contribution < -0.4 is 5.32 Å². The molecule has 3 nitrogen and oxygen atoms in total. The van der Waals surface area contributed by atoms with Crippen molar-refractivity contribution in [2.45, 2.75) is 25.4 Å². The zero-order valence-corrected chi connectivity index (χ0v) is 11.2. The zero-order chi connectivity index (χ0) is 13.2. The van der Waals surface area contributed by atoms with E-state index in [2.05, 4.69) is 29.6 Å². The number of aryl methyl sites for hydroxylation is 1. The smallest absolute Gasteiger partial charge is 0.345 e. The van der Waals surface area contributed by atoms with Gasteiger partial charge in [0.05, 0.1) is 0 Å². The molecule has 2 N–H and O–H groups in total. The number of hydrogen-bond donors (Lipinski definition) is 2. The van der Waals surface area contributed by atoms with Gasteiger partial charge in [-0.2, -0.15) is 0 Å². The number of carbonyl (C=O) groups is 1. The van der Waals surface area contributed by atoms with Crippen LogP contribution in [0.4, 0.5) is 0 Å². The molecule has 1 atom stereocenters. The number of thiophene rings is 1. The highest BCUT2D eigenvalue weighted by atomic mass is 32.1. The molecule has 0 aliphatic heterocycles. The molecule has 3 rings (SSSR count). The molecular formula is C15H15NO2S. The first kappa shape index (κ1) is 12.4. The number of fused-ring (bicyclic) bond motifs is 1. The zero-order valence-electron chi connectivity index (χ0n) is 10.4. The van der Waals surface area contributed by atoms with Crippen LogP contribution in [-0.4, -0.2) is 11.1 Å². The highest BCUT2D eigenvalue weighted by Crippen LogP contribution is 2.31. The minimum Gasteiger partial charge on any atom is -0.477 e. The van der Waals surface area contributed by atoms with Crippen molar-refractivity contribution in [3.8, 4) is 0 Å². The van der Waals surface area contributed by atoms with E-state index in [1.165, 1.54) is 22.5 Å². The van der Waals surface area contributed by atoms with E-state index < -0.39 is 5.97 Å². The Bertz CT molecular complexity index is 606. The molecule has 1 aliphatic carbocycles. The number of carboxylic acids is 1. The largest absolute Gasteiger partial charge is 0.477 e. The number of carboxylic acid groups (broad SMARTS) is 1. The van der Waals surface area contributed by atoms with Gasteiger partial charge in [0.1, 0.15) is 4.88 Å². The topological polar surface area (TPSA) is 49.3 Å². The normalized spacial score (nSPS) is 17.4. The van der Waals surface area contributed by atoms with Gasteiger partial charge in [-0.1, -0.05) is 24.3 Å². The lowest BCUT2D eigenvalue weighted by Crippen LogP contribution is -2.17. The van der Waals surface area contributed by atoms with Crippen LogP contribution >= 0.6 is 11.3 Å². The highest BCUT2D eigenvalue weighted by Gasteiger charge is 2.21. The molecule has 4 heteroatoms. The fourth-order valence-corrected chi connectivity index (χ4v) is 3.38. The van der Waals surface area contributed by atoms with Gasteiger partial charge in [0.25, 0.3) is 0 Å². The van der Waals surface area contributed by atoms with Gasteiger partial charge in [0.2, 0.25) is 0 Å². The predicted molar refractivity (Wildman–Crippen MR) is 75.6 cm³/mol. The summed E-state index contributed by atoms with van der Waals surface area (Å²) < 4.78 is 0. The minimum absolute atomic E-state index is 0.395. The van der Waals surface area contributed by atoms with Crippen molar-refractivity contribution < 1.29 is 9.90 Å². The summed E-state index contributed by atoms with van der Waals surface area (Å²) in [7, 11) is 0. The Kier molecular flexibility index (Phi) is 3.36. The van der Waals surface area contributed by atoms with Crippen molar-refractivity contribution >= 4 is 17.3 Å². The quantitative estimate of drug-likeness (QED) is 0.899. The van der Waals surface area contributed by atoms with E-state index in [1.54, 1.807) is 6.07 Å². The molecule has 2 aromatic rings. The first-order chi connectivity index (χ1) is 9.24. The molecule has 1 aliphatic rings. The Balaban J connectivity index is 1.65. The van der Waals surface area contributed by atoms with E-state index in [9.17, 15) is 4.79 Å². The Labute approximate surface area is 115 Å². The van der Waals surface area contributed by atoms with Crippen LogP contribution in [0.25, 0.3) is 0 Å². The maximum absolute atomic E-state index is 10.8. The molecule has 1 unspecified atom stereocenters. The minimum atomic E-state index is -0.845. The Morgan fingerprint density at radius 2 is 2.16 bits per heavy atom. The van der Waals surface area contributed by atoms with Gasteiger partial charge in [-0.25, -0.2) is 4.79 Å². The van der Waals surface area contributed by atoms with Crippen LogP contribution in [-0.2, 0) is 13.0 Å². The predicted octanol–water partition coefficient (Wildman–Crippen LogP) is 3.22. The molecule has 0 amide bonds. The second-order valence-corrected chi connectivity index (χ2v) is 5.91. The van der Waals surface area contributed by atoms with E-state index >= 15 is 0 Å². The monoisotopic (exact) mass is 273 g/mol. The standard InChI is InChI=1S/C15H15NO2S/c17-15(18)14-8-6-11(19-14)9-16-13-7-5-10-3-1-2-4-12(10)13/h1-4,6,8,13,16H,5,7,9H2,(H,17,18). The molecule has 1 heterocycles. The number of aromatic carboxylic acids is 1. The maximum Gasteiger partial charge on any atom is 0.345 e. The van der Waals surface area contributed by atoms with Crippen LogP contribution in [0.5, 0.6) is 0 Å². The van der Waals surface area contributed by atoms with E-state index in [4.69, 9.17) is 5.11 Å². The van der Waals surface area contributed by atoms with Crippen LogP contribution in [0.3, 0.4) is 0 Å². The van der Waals surface area contributed by atoms with Gasteiger partial charge in [0, 0.05) is 17.5 Å². The number of nitrogens with one attached hydrogen (secondary N) is 1. The third kappa shape index (κ3) is 2.55. The average molecular weight is 273 g/mol. The highest BCUT2D eigenvalue weighted by molar-refractivity contribution is 7.13. The SMILES string of the molecule is O=C(O)c1ccc(CNC2CCc3ccccc32)s1. The Morgan fingerprint density at radius 1 is 1.32 bits per heavy atom. The van der Waals surface area contributed by atoms with Crippen molar-refractivity contribution in [1.82, 2.24) is 5.32 Å². The first-order valence-electron chi connectivity index (χ1n) is 6.37. The fourth-order valence-electron chi connectivity index (χ4n) is 2.58. The second kappa shape index (κ2) is 5.15. The lowest BCUT2D eigenvalue weighted by Gasteiger charge is -2.13. The molecule has 1 aromatic heterocycles. The Hall–Kier alpha value is -1.65. The molecular weight excluding hydrogens is 258 g/mol. The summed E-state index contributed by atoms with van der Waals surface area (Å²) in [6.07, 6.45) is 2.25. The summed E-state index contributed by atoms with van der Waals surface area (Å²) in [6, 6.07) is 12.5. The third-order valence-electron chi connectivity index (χ3n) is 3.53. The van der Waals surface area contributed by atoms with Crippen LogP contribution in [0, 0.1) is 0 Å². The average Bonchev–Trinajstić information content (AvgIpc) is 3.03. The van der Waals surface area contributed by atoms with E-state index in [1.807, 2.05) is 6.07 Å². The van der Waals surface area contributed by atoms with Gasteiger partial charge in [0.15, 0.2) is 0 Å². The third-order valence-corrected chi connectivity index (χ3v) is 4.60. The molecule has 0 fully saturated rings. The van der Waals surface area contributed by atoms with Crippen molar-refractivity contribution in [3.63, 3.8) is 0 Å². The first-order valence-corrected chi connectivity index (χ1v) is 7.19. The summed E-state index contributed by atoms with van der Waals surface area (Å²) in [5.41, 5.74) is 2.81. The molecule has 0 saturated heterocycles. The Morgan fingerprint density at radius 3 is 2.95 bits per heavy atom. The molecule has 19 heavy (non-hydrogen) atoms. The van der Waals surface area contributed by atoms with Gasteiger partial charge >= 0.3 is 5.97 Å². The van der Waals surface area contributed by atoms with Crippen LogP contribution in [0.2, 0.25) is 0 Å². The van der Waals surface area contributed by atoms with Crippen molar-refractivity contribution in [2.24, 2.45) is 0 Å². The lowest BCUT2D eigenvalue weighted by atomic mass is 10.1. The molecule has 0 spiro atoms. The fraction of sp³-hybridized carbons (Fsp3) is 0.267. The number of hydrogen-bond acceptors (Lipinski definition) is 3. The van der Waals surface area contributed by atoms with Crippen LogP contribution in [0.1, 0.15) is 38.1 Å². The number of benzene rings is 1. The van der Waals surface area contributed by atoms with Crippen LogP contribution in [0.15, 0.2) is 36.4 Å². The summed E-state index contributed by atoms with van der Waals surface area (Å²) in [5.74, 6) is -0.845. The molecule has 0 saturated carbocycles. The lowest BCUT2D eigenvalue weighted by molar-refractivity contribution is 0.0702. The van der Waals surface area contributed by atoms with Gasteiger partial charge in [-0.3, -0.25) is 0 Å². The molecule has 0 bridgehead atoms. The second-order valence-electron chi connectivity index (χ2n) is 4.74. The summed E-state index contributed by atoms with van der Waals surface area (Å²) in [6.45, 7) is 0.733. The van der Waals surface area contributed by atoms with E-state index in [0.717, 1.165) is 24.3 Å². The maximum atomic E-state index is 10.8. The molecule has 0 radical (unpaired) electrons. The summed E-state index contributed by atoms with van der Waals surface area (Å²) in [4.78, 5) is 12.3. The van der Waals surface area contributed by atoms with Crippen molar-refractivity contribution in [2.75, 3.05) is 0 Å². The van der Waals surface area contributed by atoms with Crippen molar-refractivity contribution in [3.05, 3.63) is 57.3 Å². The van der Waals surface area contributed by atoms with E-state index in [-0.39, 0.29) is 0 Å². The van der Waals surface area contributed by atoms with Gasteiger partial charge < -0.3 is 10.4 Å². The number of rotatable bonds is 4. The van der Waals surface area contributed by atoms with Gasteiger partial charge in [-0.15, -0.1) is 11.3 Å². The van der Waals surface area contributed by atoms with Gasteiger partial charge in [-0.05, 0) is 36.1 Å². The van der Waals surface area contributed by atoms with Crippen molar-refractivity contribution in [1.29, 1.82) is 0 Å².